The molecule has 2 aromatic rings. The van der Waals surface area contributed by atoms with Crippen LogP contribution in [0.25, 0.3) is 0 Å². The van der Waals surface area contributed by atoms with Crippen molar-refractivity contribution in [1.82, 2.24) is 10.2 Å². The molecule has 0 radical (unpaired) electrons. The molecule has 6 nitrogen and oxygen atoms in total. The third-order valence-electron chi connectivity index (χ3n) is 3.04. The zero-order valence-corrected chi connectivity index (χ0v) is 12.3. The van der Waals surface area contributed by atoms with Crippen LogP contribution in [-0.2, 0) is 4.74 Å². The molecular weight excluding hydrogens is 317 g/mol. The molecule has 1 N–H and O–H groups in total. The van der Waals surface area contributed by atoms with E-state index in [1.54, 1.807) is 12.1 Å². The Kier molecular flexibility index (Phi) is 4.10. The van der Waals surface area contributed by atoms with Crippen LogP contribution in [0.4, 0.5) is 6.01 Å². The van der Waals surface area contributed by atoms with Crippen molar-refractivity contribution >= 4 is 35.1 Å². The number of nitrogens with zero attached hydrogens (tertiary/aromatic N) is 2. The molecule has 8 heteroatoms. The Morgan fingerprint density at radius 3 is 2.95 bits per heavy atom. The summed E-state index contributed by atoms with van der Waals surface area (Å²) in [7, 11) is 0. The first-order valence-corrected chi connectivity index (χ1v) is 7.10. The van der Waals surface area contributed by atoms with Crippen molar-refractivity contribution < 1.29 is 13.9 Å². The quantitative estimate of drug-likeness (QED) is 0.933. The predicted octanol–water partition coefficient (Wildman–Crippen LogP) is 3.48. The highest BCUT2D eigenvalue weighted by Gasteiger charge is 2.24. The van der Waals surface area contributed by atoms with Gasteiger partial charge in [-0.15, -0.1) is 5.10 Å². The van der Waals surface area contributed by atoms with Crippen LogP contribution in [0.3, 0.4) is 0 Å². The monoisotopic (exact) mass is 327 g/mol. The number of aromatic nitrogens is 2. The minimum Gasteiger partial charge on any atom is -0.405 e. The highest BCUT2D eigenvalue weighted by molar-refractivity contribution is 6.36. The van der Waals surface area contributed by atoms with E-state index in [1.807, 2.05) is 0 Å². The van der Waals surface area contributed by atoms with Gasteiger partial charge in [-0.05, 0) is 31.0 Å². The lowest BCUT2D eigenvalue weighted by atomic mass is 10.2. The van der Waals surface area contributed by atoms with Crippen LogP contribution in [-0.4, -0.2) is 22.7 Å². The summed E-state index contributed by atoms with van der Waals surface area (Å²) in [6.45, 7) is 0.673. The van der Waals surface area contributed by atoms with Gasteiger partial charge in [0.15, 0.2) is 0 Å². The van der Waals surface area contributed by atoms with Gasteiger partial charge in [0.05, 0.1) is 10.6 Å². The molecule has 110 valence electrons. The molecule has 1 aliphatic heterocycles. The van der Waals surface area contributed by atoms with Gasteiger partial charge < -0.3 is 9.15 Å². The molecule has 0 bridgehead atoms. The second-order valence-electron chi connectivity index (χ2n) is 4.53. The number of nitrogens with one attached hydrogen (secondary N) is 1. The topological polar surface area (TPSA) is 77.2 Å². The van der Waals surface area contributed by atoms with E-state index < -0.39 is 5.91 Å². The predicted molar refractivity (Wildman–Crippen MR) is 76.6 cm³/mol. The minimum atomic E-state index is -0.468. The van der Waals surface area contributed by atoms with Gasteiger partial charge in [-0.1, -0.05) is 28.3 Å². The zero-order chi connectivity index (χ0) is 14.8. The number of hydrogen-bond donors (Lipinski definition) is 1. The SMILES string of the molecule is O=C(Nc1nnc(C2CCCO2)o1)c1cc(Cl)ccc1Cl. The van der Waals surface area contributed by atoms with E-state index in [-0.39, 0.29) is 22.7 Å². The molecule has 1 unspecified atom stereocenters. The fourth-order valence-corrected chi connectivity index (χ4v) is 2.40. The summed E-state index contributed by atoms with van der Waals surface area (Å²) in [6, 6.07) is 4.62. The molecule has 0 aliphatic carbocycles. The number of carbonyl (C=O) groups excluding carboxylic acids is 1. The van der Waals surface area contributed by atoms with Gasteiger partial charge in [0, 0.05) is 11.6 Å². The maximum absolute atomic E-state index is 12.1. The molecule has 1 aromatic carbocycles. The third kappa shape index (κ3) is 3.18. The highest BCUT2D eigenvalue weighted by atomic mass is 35.5. The van der Waals surface area contributed by atoms with Crippen LogP contribution in [0.15, 0.2) is 22.6 Å². The fourth-order valence-electron chi connectivity index (χ4n) is 2.02. The summed E-state index contributed by atoms with van der Waals surface area (Å²) >= 11 is 11.8. The highest BCUT2D eigenvalue weighted by Crippen LogP contribution is 2.28. The summed E-state index contributed by atoms with van der Waals surface area (Å²) < 4.78 is 10.8. The molecule has 3 rings (SSSR count). The van der Waals surface area contributed by atoms with E-state index in [1.165, 1.54) is 6.07 Å². The third-order valence-corrected chi connectivity index (χ3v) is 3.60. The van der Waals surface area contributed by atoms with Gasteiger partial charge in [-0.3, -0.25) is 10.1 Å². The Morgan fingerprint density at radius 1 is 1.33 bits per heavy atom. The summed E-state index contributed by atoms with van der Waals surface area (Å²) in [5.74, 6) is -0.106. The van der Waals surface area contributed by atoms with Crippen LogP contribution in [0.5, 0.6) is 0 Å². The second-order valence-corrected chi connectivity index (χ2v) is 5.37. The zero-order valence-electron chi connectivity index (χ0n) is 10.8. The van der Waals surface area contributed by atoms with Gasteiger partial charge >= 0.3 is 6.01 Å². The first-order chi connectivity index (χ1) is 10.1. The van der Waals surface area contributed by atoms with Crippen LogP contribution in [0.1, 0.15) is 35.2 Å². The van der Waals surface area contributed by atoms with E-state index in [4.69, 9.17) is 32.4 Å². The Balaban J connectivity index is 1.74. The minimum absolute atomic E-state index is 0.00143. The second kappa shape index (κ2) is 6.01. The normalized spacial score (nSPS) is 17.9. The maximum Gasteiger partial charge on any atom is 0.322 e. The maximum atomic E-state index is 12.1. The first-order valence-electron chi connectivity index (χ1n) is 6.35. The number of anilines is 1. The summed E-state index contributed by atoms with van der Waals surface area (Å²) in [4.78, 5) is 12.1. The molecule has 0 saturated carbocycles. The summed E-state index contributed by atoms with van der Waals surface area (Å²) in [5, 5.41) is 10.8. The van der Waals surface area contributed by atoms with Crippen LogP contribution < -0.4 is 5.32 Å². The lowest BCUT2D eigenvalue weighted by Crippen LogP contribution is -2.12. The van der Waals surface area contributed by atoms with E-state index in [9.17, 15) is 4.79 Å². The molecule has 1 fully saturated rings. The van der Waals surface area contributed by atoms with Gasteiger partial charge in [0.1, 0.15) is 6.10 Å². The van der Waals surface area contributed by atoms with Crippen molar-refractivity contribution in [2.45, 2.75) is 18.9 Å². The number of halogens is 2. The van der Waals surface area contributed by atoms with E-state index in [2.05, 4.69) is 15.5 Å². The van der Waals surface area contributed by atoms with Crippen molar-refractivity contribution in [2.75, 3.05) is 11.9 Å². The van der Waals surface area contributed by atoms with Crippen molar-refractivity contribution in [3.63, 3.8) is 0 Å². The molecule has 1 aliphatic rings. The number of hydrogen-bond acceptors (Lipinski definition) is 5. The Bertz CT molecular complexity index is 668. The fraction of sp³-hybridized carbons (Fsp3) is 0.308. The molecule has 2 heterocycles. The Morgan fingerprint density at radius 2 is 2.19 bits per heavy atom. The average Bonchev–Trinajstić information content (AvgIpc) is 3.11. The number of carbonyl (C=O) groups is 1. The van der Waals surface area contributed by atoms with Crippen molar-refractivity contribution in [3.05, 3.63) is 39.7 Å². The molecule has 0 spiro atoms. The number of ether oxygens (including phenoxy) is 1. The lowest BCUT2D eigenvalue weighted by Gasteiger charge is -2.04. The van der Waals surface area contributed by atoms with Crippen LogP contribution in [0.2, 0.25) is 10.0 Å². The number of rotatable bonds is 3. The van der Waals surface area contributed by atoms with Crippen molar-refractivity contribution in [3.8, 4) is 0 Å². The lowest BCUT2D eigenvalue weighted by molar-refractivity contribution is 0.0893. The number of amides is 1. The molecule has 1 atom stereocenters. The molecule has 1 amide bonds. The average molecular weight is 328 g/mol. The van der Waals surface area contributed by atoms with Gasteiger partial charge in [0.2, 0.25) is 5.89 Å². The van der Waals surface area contributed by atoms with Gasteiger partial charge in [-0.25, -0.2) is 0 Å². The first kappa shape index (κ1) is 14.3. The largest absolute Gasteiger partial charge is 0.405 e. The van der Waals surface area contributed by atoms with Crippen molar-refractivity contribution in [1.29, 1.82) is 0 Å². The summed E-state index contributed by atoms with van der Waals surface area (Å²) in [5.41, 5.74) is 0.237. The van der Waals surface area contributed by atoms with Gasteiger partial charge in [0.25, 0.3) is 5.91 Å². The molecular formula is C13H11Cl2N3O3. The summed E-state index contributed by atoms with van der Waals surface area (Å²) in [6.07, 6.45) is 1.58. The molecule has 1 aromatic heterocycles. The van der Waals surface area contributed by atoms with Gasteiger partial charge in [-0.2, -0.15) is 0 Å². The standard InChI is InChI=1S/C13H11Cl2N3O3/c14-7-3-4-9(15)8(6-7)11(19)16-13-18-17-12(21-13)10-2-1-5-20-10/h3-4,6,10H,1-2,5H2,(H,16,18,19). The smallest absolute Gasteiger partial charge is 0.322 e. The molecule has 1 saturated heterocycles. The van der Waals surface area contributed by atoms with Crippen LogP contribution >= 0.6 is 23.2 Å². The van der Waals surface area contributed by atoms with E-state index in [0.717, 1.165) is 12.8 Å². The molecule has 21 heavy (non-hydrogen) atoms. The van der Waals surface area contributed by atoms with Crippen molar-refractivity contribution in [2.24, 2.45) is 0 Å². The van der Waals surface area contributed by atoms with E-state index >= 15 is 0 Å². The Labute approximate surface area is 130 Å². The van der Waals surface area contributed by atoms with Crippen LogP contribution in [0, 0.1) is 0 Å². The number of benzene rings is 1. The van der Waals surface area contributed by atoms with E-state index in [0.29, 0.717) is 17.5 Å². The Hall–Kier alpha value is -1.63.